The second-order valence-corrected chi connectivity index (χ2v) is 31.1. The smallest absolute Gasteiger partial charge is 0.463 e. The largest absolute Gasteiger partial charge is 0.472 e. The van der Waals surface area contributed by atoms with Gasteiger partial charge in [0.25, 0.3) is 0 Å². The zero-order chi connectivity index (χ0) is 82.2. The van der Waals surface area contributed by atoms with Crippen LogP contribution in [0.5, 0.6) is 0 Å². The van der Waals surface area contributed by atoms with Crippen molar-refractivity contribution in [2.45, 2.75) is 334 Å². The van der Waals surface area contributed by atoms with Gasteiger partial charge in [-0.2, -0.15) is 0 Å². The third kappa shape index (κ3) is 86.8. The average Bonchev–Trinajstić information content (AvgIpc) is 0.900. The lowest BCUT2D eigenvalue weighted by Crippen LogP contribution is -2.30. The van der Waals surface area contributed by atoms with Crippen LogP contribution in [0.3, 0.4) is 0 Å². The molecular formula is C95H154O16P2. The van der Waals surface area contributed by atoms with Crippen LogP contribution in [0.4, 0.5) is 0 Å². The molecule has 0 saturated heterocycles. The van der Waals surface area contributed by atoms with Crippen LogP contribution in [-0.2, 0) is 55.8 Å². The summed E-state index contributed by atoms with van der Waals surface area (Å²) < 4.78 is 61.2. The topological polar surface area (TPSA) is 231 Å². The number of allylic oxidation sites excluding steroid dienone is 34. The molecular weight excluding hydrogens is 1460 g/mol. The first kappa shape index (κ1) is 107. The highest BCUT2D eigenvalue weighted by Crippen LogP contribution is 2.45. The molecule has 0 aromatic carbocycles. The molecule has 0 aliphatic heterocycles. The molecule has 0 amide bonds. The van der Waals surface area contributed by atoms with Gasteiger partial charge in [0.1, 0.15) is 25.4 Å². The summed E-state index contributed by atoms with van der Waals surface area (Å²) in [7, 11) is -9.84. The van der Waals surface area contributed by atoms with Gasteiger partial charge in [-0.05, 0) is 161 Å². The number of carbonyl (C=O) groups is 3. The van der Waals surface area contributed by atoms with E-state index in [0.29, 0.717) is 25.7 Å². The van der Waals surface area contributed by atoms with E-state index in [2.05, 4.69) is 215 Å². The zero-order valence-electron chi connectivity index (χ0n) is 70.2. The van der Waals surface area contributed by atoms with Gasteiger partial charge in [0.05, 0.1) is 26.4 Å². The third-order valence-electron chi connectivity index (χ3n) is 17.5. The van der Waals surface area contributed by atoms with E-state index in [1.54, 1.807) is 0 Å². The van der Waals surface area contributed by atoms with E-state index in [1.807, 2.05) is 12.2 Å². The first-order valence-corrected chi connectivity index (χ1v) is 46.4. The van der Waals surface area contributed by atoms with Crippen molar-refractivity contribution in [2.24, 2.45) is 0 Å². The molecule has 0 spiro atoms. The van der Waals surface area contributed by atoms with Gasteiger partial charge in [-0.3, -0.25) is 32.5 Å². The molecule has 0 aromatic heterocycles. The number of carbonyl (C=O) groups excluding carboxylic acids is 3. The molecule has 640 valence electrons. The molecule has 0 saturated carbocycles. The second kappa shape index (κ2) is 85.5. The van der Waals surface area contributed by atoms with Crippen LogP contribution in [0.25, 0.3) is 0 Å². The Kier molecular flexibility index (Phi) is 81.1. The number of esters is 3. The Labute approximate surface area is 686 Å². The standard InChI is InChI=1S/C95H154O16P2/c1-4-7-10-13-16-19-22-25-28-31-33-35-37-39-41-42-43-44-45-46-48-50-51-53-55-58-60-63-66-69-72-75-78-81-93(98)105-84-90(96)85-107-112(101,102)108-86-91(97)87-109-113(103,104)110-89-92(111-95(100)83-80-77-74-71-68-65-62-57-30-27-24-21-18-15-12-9-6-3)88-106-94(99)82-79-76-73-70-67-64-61-59-56-54-52-49-47-40-38-36-34-32-29-26-23-20-17-14-11-8-5-2/h7-12,16-21,25-30,33-36,39-41,43-44,47,52,54,62,65,71,74,90-92,96-97H,4-6,13-15,22-24,31-32,37-38,42,45-46,48-51,53,55-61,63-64,66-70,72-73,75-89H2,1-3H3,(H,101,102)(H,103,104)/b10-7-,11-8-,12-9-,19-16-,20-17-,21-18-,28-25-,29-26-,30-27-,35-33-,36-34-,41-39-,44-43-,47-40-,54-52-,65-62-,74-71-. The molecule has 0 bridgehead atoms. The van der Waals surface area contributed by atoms with Crippen molar-refractivity contribution in [3.63, 3.8) is 0 Å². The van der Waals surface area contributed by atoms with Crippen molar-refractivity contribution in [1.82, 2.24) is 0 Å². The molecule has 0 fully saturated rings. The monoisotopic (exact) mass is 1610 g/mol. The Balaban J connectivity index is 4.58. The van der Waals surface area contributed by atoms with Gasteiger partial charge in [-0.25, -0.2) is 9.13 Å². The van der Waals surface area contributed by atoms with Gasteiger partial charge in [0.2, 0.25) is 0 Å². The number of rotatable bonds is 80. The van der Waals surface area contributed by atoms with Crippen LogP contribution < -0.4 is 0 Å². The number of hydrogen-bond donors (Lipinski definition) is 4. The maximum absolute atomic E-state index is 13.0. The van der Waals surface area contributed by atoms with Gasteiger partial charge in [-0.1, -0.05) is 343 Å². The molecule has 0 radical (unpaired) electrons. The quantitative estimate of drug-likeness (QED) is 0.0146. The molecule has 18 heteroatoms. The van der Waals surface area contributed by atoms with E-state index in [-0.39, 0.29) is 19.3 Å². The first-order chi connectivity index (χ1) is 55.2. The molecule has 4 N–H and O–H groups in total. The number of phosphoric ester groups is 2. The normalized spacial score (nSPS) is 14.9. The minimum atomic E-state index is -4.96. The lowest BCUT2D eigenvalue weighted by molar-refractivity contribution is -0.161. The van der Waals surface area contributed by atoms with Crippen LogP contribution in [0.15, 0.2) is 207 Å². The molecule has 5 unspecified atom stereocenters. The summed E-state index contributed by atoms with van der Waals surface area (Å²) in [6, 6.07) is 0. The maximum Gasteiger partial charge on any atom is 0.472 e. The number of phosphoric acid groups is 2. The van der Waals surface area contributed by atoms with Gasteiger partial charge in [0, 0.05) is 19.3 Å². The summed E-state index contributed by atoms with van der Waals surface area (Å²) in [6.07, 6.45) is 115. The Morgan fingerprint density at radius 1 is 0.248 bits per heavy atom. The Morgan fingerprint density at radius 2 is 0.451 bits per heavy atom. The fraction of sp³-hybridized carbons (Fsp3) is 0.611. The Hall–Kier alpha value is -5.87. The maximum atomic E-state index is 13.0. The highest BCUT2D eigenvalue weighted by molar-refractivity contribution is 7.47. The number of hydrogen-bond acceptors (Lipinski definition) is 14. The minimum absolute atomic E-state index is 0.0170. The number of ether oxygens (including phenoxy) is 3. The summed E-state index contributed by atoms with van der Waals surface area (Å²) in [4.78, 5) is 58.8. The van der Waals surface area contributed by atoms with E-state index in [4.69, 9.17) is 32.3 Å². The summed E-state index contributed by atoms with van der Waals surface area (Å²) in [6.45, 7) is 2.26. The average molecular weight is 1610 g/mol. The van der Waals surface area contributed by atoms with Crippen molar-refractivity contribution in [2.75, 3.05) is 39.6 Å². The fourth-order valence-corrected chi connectivity index (χ4v) is 12.6. The number of aliphatic hydroxyl groups excluding tert-OH is 2. The lowest BCUT2D eigenvalue weighted by Gasteiger charge is -2.21. The fourth-order valence-electron chi connectivity index (χ4n) is 11.0. The molecule has 16 nitrogen and oxygen atoms in total. The second-order valence-electron chi connectivity index (χ2n) is 28.2. The van der Waals surface area contributed by atoms with E-state index < -0.39 is 91.5 Å². The van der Waals surface area contributed by atoms with E-state index in [9.17, 15) is 43.5 Å². The molecule has 0 aliphatic carbocycles. The molecule has 113 heavy (non-hydrogen) atoms. The lowest BCUT2D eigenvalue weighted by atomic mass is 10.0. The zero-order valence-corrected chi connectivity index (χ0v) is 72.0. The molecule has 0 rings (SSSR count). The van der Waals surface area contributed by atoms with E-state index in [0.717, 1.165) is 180 Å². The van der Waals surface area contributed by atoms with Crippen LogP contribution in [0.1, 0.15) is 316 Å². The van der Waals surface area contributed by atoms with Gasteiger partial charge < -0.3 is 34.2 Å². The van der Waals surface area contributed by atoms with Crippen LogP contribution >= 0.6 is 15.6 Å². The van der Waals surface area contributed by atoms with Gasteiger partial charge in [-0.15, -0.1) is 0 Å². The number of aliphatic hydroxyl groups is 2. The van der Waals surface area contributed by atoms with E-state index in [1.165, 1.54) is 70.6 Å². The predicted octanol–water partition coefficient (Wildman–Crippen LogP) is 26.4. The summed E-state index contributed by atoms with van der Waals surface area (Å²) in [5.41, 5.74) is 0. The van der Waals surface area contributed by atoms with Crippen LogP contribution in [0.2, 0.25) is 0 Å². The summed E-state index contributed by atoms with van der Waals surface area (Å²) in [5, 5.41) is 20.7. The van der Waals surface area contributed by atoms with Crippen molar-refractivity contribution in [3.05, 3.63) is 207 Å². The highest BCUT2D eigenvalue weighted by Gasteiger charge is 2.29. The number of unbranched alkanes of at least 4 members (excludes halogenated alkanes) is 23. The predicted molar refractivity (Wildman–Crippen MR) is 472 cm³/mol. The summed E-state index contributed by atoms with van der Waals surface area (Å²) >= 11 is 0. The van der Waals surface area contributed by atoms with Crippen molar-refractivity contribution < 1.29 is 75.8 Å². The molecule has 0 aliphatic rings. The van der Waals surface area contributed by atoms with Crippen molar-refractivity contribution in [3.8, 4) is 0 Å². The van der Waals surface area contributed by atoms with Crippen molar-refractivity contribution in [1.29, 1.82) is 0 Å². The molecule has 0 heterocycles. The van der Waals surface area contributed by atoms with Crippen LogP contribution in [0, 0.1) is 0 Å². The summed E-state index contributed by atoms with van der Waals surface area (Å²) in [5.74, 6) is -1.66. The first-order valence-electron chi connectivity index (χ1n) is 43.4. The van der Waals surface area contributed by atoms with E-state index >= 15 is 0 Å². The Morgan fingerprint density at radius 3 is 0.726 bits per heavy atom. The van der Waals surface area contributed by atoms with Gasteiger partial charge in [0.15, 0.2) is 6.10 Å². The minimum Gasteiger partial charge on any atom is -0.463 e. The third-order valence-corrected chi connectivity index (χ3v) is 19.4. The van der Waals surface area contributed by atoms with Gasteiger partial charge >= 0.3 is 33.6 Å². The highest BCUT2D eigenvalue weighted by atomic mass is 31.2. The Bertz CT molecular complexity index is 2880. The molecule has 5 atom stereocenters. The SMILES string of the molecule is CC/C=C\C/C=C\C/C=C\C/C=C\C/C=C\C/C=C\CCCCCCCCCCCCCCCCC(=O)OCC(O)COP(=O)(O)OCC(O)COP(=O)(O)OCC(COC(=O)CCCCCCCCCC/C=C\C/C=C\C/C=C\C/C=C\C/C=C\C/C=C\CC)OC(=O)CCC/C=C\C/C=C\C/C=C\C/C=C\C/C=C\CC. The van der Waals surface area contributed by atoms with Crippen molar-refractivity contribution >= 4 is 33.6 Å². The molecule has 0 aromatic rings. The van der Waals surface area contributed by atoms with Crippen LogP contribution in [-0.4, -0.2) is 95.9 Å².